The van der Waals surface area contributed by atoms with Crippen molar-refractivity contribution in [2.75, 3.05) is 6.54 Å². The summed E-state index contributed by atoms with van der Waals surface area (Å²) in [4.78, 5) is -0.732. The number of aliphatic hydroxyl groups excluding tert-OH is 1. The van der Waals surface area contributed by atoms with E-state index in [4.69, 9.17) is 0 Å². The molecule has 7 heteroatoms. The van der Waals surface area contributed by atoms with Crippen molar-refractivity contribution in [1.82, 2.24) is 4.72 Å². The normalized spacial score (nSPS) is 18.1. The highest BCUT2D eigenvalue weighted by molar-refractivity contribution is 7.89. The van der Waals surface area contributed by atoms with Gasteiger partial charge in [-0.25, -0.2) is 21.9 Å². The van der Waals surface area contributed by atoms with E-state index in [1.54, 1.807) is 0 Å². The Labute approximate surface area is 123 Å². The van der Waals surface area contributed by atoms with Crippen molar-refractivity contribution in [2.24, 2.45) is 5.92 Å². The number of benzene rings is 1. The molecule has 1 aliphatic carbocycles. The molecule has 1 fully saturated rings. The Kier molecular flexibility index (Phi) is 4.95. The number of nitrogens with one attached hydrogen (secondary N) is 1. The third kappa shape index (κ3) is 3.78. The molecule has 1 saturated carbocycles. The van der Waals surface area contributed by atoms with Gasteiger partial charge in [-0.3, -0.25) is 0 Å². The molecule has 118 valence electrons. The quantitative estimate of drug-likeness (QED) is 0.873. The van der Waals surface area contributed by atoms with E-state index in [1.165, 1.54) is 6.92 Å². The van der Waals surface area contributed by atoms with Gasteiger partial charge in [0, 0.05) is 6.54 Å². The summed E-state index contributed by atoms with van der Waals surface area (Å²) < 4.78 is 53.3. The maximum Gasteiger partial charge on any atom is 0.243 e. The maximum atomic E-state index is 13.7. The summed E-state index contributed by atoms with van der Waals surface area (Å²) in [6, 6.07) is 1.51. The Hall–Kier alpha value is -1.05. The lowest BCUT2D eigenvalue weighted by Gasteiger charge is -2.18. The molecular formula is C14H19F2NO3S. The summed E-state index contributed by atoms with van der Waals surface area (Å²) in [5.74, 6) is -1.72. The van der Waals surface area contributed by atoms with Gasteiger partial charge in [-0.1, -0.05) is 12.8 Å². The second-order valence-electron chi connectivity index (χ2n) is 5.50. The van der Waals surface area contributed by atoms with Crippen molar-refractivity contribution in [3.63, 3.8) is 0 Å². The van der Waals surface area contributed by atoms with E-state index in [2.05, 4.69) is 4.72 Å². The molecule has 0 bridgehead atoms. The fourth-order valence-corrected chi connectivity index (χ4v) is 3.74. The molecule has 0 radical (unpaired) electrons. The van der Waals surface area contributed by atoms with Gasteiger partial charge in [-0.05, 0) is 43.4 Å². The van der Waals surface area contributed by atoms with E-state index in [0.29, 0.717) is 6.07 Å². The fourth-order valence-electron chi connectivity index (χ4n) is 2.62. The van der Waals surface area contributed by atoms with E-state index in [-0.39, 0.29) is 18.0 Å². The van der Waals surface area contributed by atoms with Gasteiger partial charge in [0.25, 0.3) is 0 Å². The number of halogens is 2. The lowest BCUT2D eigenvalue weighted by atomic mass is 10.0. The minimum absolute atomic E-state index is 0.0393. The van der Waals surface area contributed by atoms with Crippen molar-refractivity contribution in [3.05, 3.63) is 29.3 Å². The molecule has 1 aliphatic rings. The molecule has 4 nitrogen and oxygen atoms in total. The number of rotatable bonds is 5. The maximum absolute atomic E-state index is 13.7. The van der Waals surface area contributed by atoms with Crippen LogP contribution in [0.15, 0.2) is 17.0 Å². The van der Waals surface area contributed by atoms with Crippen molar-refractivity contribution >= 4 is 10.0 Å². The van der Waals surface area contributed by atoms with Gasteiger partial charge in [-0.15, -0.1) is 0 Å². The zero-order valence-electron chi connectivity index (χ0n) is 11.8. The molecule has 21 heavy (non-hydrogen) atoms. The second kappa shape index (κ2) is 6.37. The van der Waals surface area contributed by atoms with Crippen LogP contribution in [-0.4, -0.2) is 26.2 Å². The molecule has 1 atom stereocenters. The molecule has 0 amide bonds. The first-order valence-electron chi connectivity index (χ1n) is 6.94. The molecule has 0 aliphatic heterocycles. The Morgan fingerprint density at radius 3 is 2.52 bits per heavy atom. The molecular weight excluding hydrogens is 300 g/mol. The Balaban J connectivity index is 2.09. The van der Waals surface area contributed by atoms with Crippen LogP contribution in [0.1, 0.15) is 31.2 Å². The summed E-state index contributed by atoms with van der Waals surface area (Å²) in [6.45, 7) is 1.16. The number of hydrogen-bond donors (Lipinski definition) is 2. The van der Waals surface area contributed by atoms with Crippen LogP contribution in [0.5, 0.6) is 0 Å². The molecule has 0 heterocycles. The van der Waals surface area contributed by atoms with Crippen molar-refractivity contribution in [1.29, 1.82) is 0 Å². The Morgan fingerprint density at radius 2 is 1.90 bits per heavy atom. The zero-order chi connectivity index (χ0) is 15.6. The predicted octanol–water partition coefficient (Wildman–Crippen LogP) is 2.10. The third-order valence-corrected chi connectivity index (χ3v) is 5.37. The lowest BCUT2D eigenvalue weighted by molar-refractivity contribution is 0.115. The van der Waals surface area contributed by atoms with Gasteiger partial charge in [0.1, 0.15) is 16.5 Å². The first kappa shape index (κ1) is 16.3. The standard InChI is InChI=1S/C14H19F2NO3S/c1-9-6-12(16)14(7-11(9)15)21(19,20)17-8-13(18)10-4-2-3-5-10/h6-7,10,13,17-18H,2-5,8H2,1H3. The van der Waals surface area contributed by atoms with Gasteiger partial charge in [-0.2, -0.15) is 0 Å². The monoisotopic (exact) mass is 319 g/mol. The molecule has 0 spiro atoms. The van der Waals surface area contributed by atoms with Crippen LogP contribution in [0.25, 0.3) is 0 Å². The SMILES string of the molecule is Cc1cc(F)c(S(=O)(=O)NCC(O)C2CCCC2)cc1F. The van der Waals surface area contributed by atoms with Crippen LogP contribution in [-0.2, 0) is 10.0 Å². The van der Waals surface area contributed by atoms with Crippen LogP contribution in [0.4, 0.5) is 8.78 Å². The fraction of sp³-hybridized carbons (Fsp3) is 0.571. The van der Waals surface area contributed by atoms with Crippen molar-refractivity contribution < 1.29 is 22.3 Å². The smallest absolute Gasteiger partial charge is 0.243 e. The number of aryl methyl sites for hydroxylation is 1. The number of aliphatic hydroxyl groups is 1. The molecule has 2 N–H and O–H groups in total. The summed E-state index contributed by atoms with van der Waals surface area (Å²) in [6.07, 6.45) is 2.95. The van der Waals surface area contributed by atoms with Crippen LogP contribution in [0, 0.1) is 24.5 Å². The largest absolute Gasteiger partial charge is 0.391 e. The van der Waals surface area contributed by atoms with E-state index in [1.807, 2.05) is 0 Å². The summed E-state index contributed by atoms with van der Waals surface area (Å²) >= 11 is 0. The highest BCUT2D eigenvalue weighted by Gasteiger charge is 2.26. The van der Waals surface area contributed by atoms with E-state index in [9.17, 15) is 22.3 Å². The van der Waals surface area contributed by atoms with Crippen molar-refractivity contribution in [2.45, 2.75) is 43.6 Å². The van der Waals surface area contributed by atoms with E-state index < -0.39 is 32.7 Å². The molecule has 1 unspecified atom stereocenters. The van der Waals surface area contributed by atoms with Crippen LogP contribution >= 0.6 is 0 Å². The van der Waals surface area contributed by atoms with Gasteiger partial charge in [0.2, 0.25) is 10.0 Å². The third-order valence-electron chi connectivity index (χ3n) is 3.93. The molecule has 0 saturated heterocycles. The Bertz CT molecular complexity index is 613. The van der Waals surface area contributed by atoms with Gasteiger partial charge in [0.15, 0.2) is 0 Å². The average molecular weight is 319 g/mol. The Morgan fingerprint density at radius 1 is 1.29 bits per heavy atom. The second-order valence-corrected chi connectivity index (χ2v) is 7.23. The summed E-state index contributed by atoms with van der Waals surface area (Å²) in [7, 11) is -4.18. The number of sulfonamides is 1. The van der Waals surface area contributed by atoms with E-state index in [0.717, 1.165) is 31.7 Å². The zero-order valence-corrected chi connectivity index (χ0v) is 12.6. The van der Waals surface area contributed by atoms with Crippen LogP contribution in [0.3, 0.4) is 0 Å². The van der Waals surface area contributed by atoms with Crippen LogP contribution in [0.2, 0.25) is 0 Å². The number of hydrogen-bond acceptors (Lipinski definition) is 3. The van der Waals surface area contributed by atoms with Crippen molar-refractivity contribution in [3.8, 4) is 0 Å². The first-order valence-corrected chi connectivity index (χ1v) is 8.43. The highest BCUT2D eigenvalue weighted by Crippen LogP contribution is 2.27. The minimum atomic E-state index is -4.18. The summed E-state index contributed by atoms with van der Waals surface area (Å²) in [5.41, 5.74) is 0.0393. The topological polar surface area (TPSA) is 66.4 Å². The summed E-state index contributed by atoms with van der Waals surface area (Å²) in [5, 5.41) is 9.93. The molecule has 2 rings (SSSR count). The first-order chi connectivity index (χ1) is 9.81. The van der Waals surface area contributed by atoms with Gasteiger partial charge in [0.05, 0.1) is 6.10 Å². The highest BCUT2D eigenvalue weighted by atomic mass is 32.2. The lowest BCUT2D eigenvalue weighted by Crippen LogP contribution is -2.36. The molecule has 1 aromatic rings. The van der Waals surface area contributed by atoms with E-state index >= 15 is 0 Å². The molecule has 1 aromatic carbocycles. The average Bonchev–Trinajstić information content (AvgIpc) is 2.94. The minimum Gasteiger partial charge on any atom is -0.391 e. The van der Waals surface area contributed by atoms with Gasteiger partial charge < -0.3 is 5.11 Å². The predicted molar refractivity (Wildman–Crippen MR) is 74.2 cm³/mol. The van der Waals surface area contributed by atoms with Crippen LogP contribution < -0.4 is 4.72 Å². The van der Waals surface area contributed by atoms with Gasteiger partial charge >= 0.3 is 0 Å². The molecule has 0 aromatic heterocycles.